The van der Waals surface area contributed by atoms with Crippen molar-refractivity contribution in [2.75, 3.05) is 13.1 Å². The summed E-state index contributed by atoms with van der Waals surface area (Å²) in [5.41, 5.74) is 13.2. The molecule has 3 rings (SSSR count). The first-order valence-corrected chi connectivity index (χ1v) is 8.01. The number of amides is 2. The molecule has 4 N–H and O–H groups in total. The fourth-order valence-electron chi connectivity index (χ4n) is 3.02. The molecular formula is C17H21N5O2. The molecule has 0 spiro atoms. The molecule has 126 valence electrons. The summed E-state index contributed by atoms with van der Waals surface area (Å²) in [6, 6.07) is 7.29. The maximum absolute atomic E-state index is 12.9. The smallest absolute Gasteiger partial charge is 0.256 e. The number of nitrogens with zero attached hydrogens (tertiary/aromatic N) is 3. The Bertz CT molecular complexity index is 755. The number of para-hydroxylation sites is 1. The van der Waals surface area contributed by atoms with Gasteiger partial charge in [0.15, 0.2) is 0 Å². The highest BCUT2D eigenvalue weighted by Gasteiger charge is 2.28. The second kappa shape index (κ2) is 6.84. The number of primary amides is 1. The molecule has 1 unspecified atom stereocenters. The molecule has 7 nitrogen and oxygen atoms in total. The van der Waals surface area contributed by atoms with E-state index in [4.69, 9.17) is 11.5 Å². The van der Waals surface area contributed by atoms with Crippen LogP contribution in [0.2, 0.25) is 0 Å². The van der Waals surface area contributed by atoms with Crippen LogP contribution >= 0.6 is 0 Å². The first-order chi connectivity index (χ1) is 11.6. The van der Waals surface area contributed by atoms with E-state index >= 15 is 0 Å². The number of hydrogen-bond donors (Lipinski definition) is 2. The highest BCUT2D eigenvalue weighted by molar-refractivity contribution is 5.98. The lowest BCUT2D eigenvalue weighted by atomic mass is 9.96. The van der Waals surface area contributed by atoms with Crippen molar-refractivity contribution in [1.29, 1.82) is 0 Å². The molecule has 2 heterocycles. The van der Waals surface area contributed by atoms with Crippen molar-refractivity contribution in [3.05, 3.63) is 47.8 Å². The second-order valence-electron chi connectivity index (χ2n) is 6.01. The van der Waals surface area contributed by atoms with Gasteiger partial charge in [0.25, 0.3) is 5.91 Å². The molecule has 2 aromatic rings. The van der Waals surface area contributed by atoms with Crippen LogP contribution in [0.15, 0.2) is 36.7 Å². The predicted octanol–water partition coefficient (Wildman–Crippen LogP) is 0.669. The van der Waals surface area contributed by atoms with Crippen molar-refractivity contribution in [1.82, 2.24) is 14.7 Å². The molecule has 0 radical (unpaired) electrons. The van der Waals surface area contributed by atoms with Crippen molar-refractivity contribution < 1.29 is 9.59 Å². The monoisotopic (exact) mass is 327 g/mol. The molecule has 1 atom stereocenters. The summed E-state index contributed by atoms with van der Waals surface area (Å²) in [5.74, 6) is -0.731. The number of hydrogen-bond acceptors (Lipinski definition) is 4. The maximum Gasteiger partial charge on any atom is 0.256 e. The van der Waals surface area contributed by atoms with Gasteiger partial charge in [0.1, 0.15) is 0 Å². The maximum atomic E-state index is 12.9. The van der Waals surface area contributed by atoms with Gasteiger partial charge in [-0.05, 0) is 25.0 Å². The first kappa shape index (κ1) is 16.2. The number of nitrogens with two attached hydrogens (primary N) is 2. The van der Waals surface area contributed by atoms with Gasteiger partial charge < -0.3 is 16.4 Å². The van der Waals surface area contributed by atoms with Crippen molar-refractivity contribution in [2.45, 2.75) is 19.4 Å². The van der Waals surface area contributed by atoms with E-state index < -0.39 is 0 Å². The topological polar surface area (TPSA) is 107 Å². The quantitative estimate of drug-likeness (QED) is 0.860. The lowest BCUT2D eigenvalue weighted by Crippen LogP contribution is -2.44. The average Bonchev–Trinajstić information content (AvgIpc) is 3.10. The zero-order valence-corrected chi connectivity index (χ0v) is 13.4. The number of piperidine rings is 1. The molecule has 1 saturated heterocycles. The lowest BCUT2D eigenvalue weighted by molar-refractivity contribution is -0.123. The Morgan fingerprint density at radius 3 is 2.79 bits per heavy atom. The minimum atomic E-state index is -0.347. The summed E-state index contributed by atoms with van der Waals surface area (Å²) in [5, 5.41) is 4.28. The van der Waals surface area contributed by atoms with Crippen molar-refractivity contribution >= 4 is 11.8 Å². The van der Waals surface area contributed by atoms with Crippen molar-refractivity contribution in [3.8, 4) is 5.69 Å². The van der Waals surface area contributed by atoms with Crippen LogP contribution in [0, 0.1) is 5.92 Å². The van der Waals surface area contributed by atoms with Gasteiger partial charge in [-0.2, -0.15) is 5.10 Å². The predicted molar refractivity (Wildman–Crippen MR) is 89.3 cm³/mol. The molecule has 24 heavy (non-hydrogen) atoms. The molecule has 1 aromatic carbocycles. The van der Waals surface area contributed by atoms with E-state index in [1.165, 1.54) is 0 Å². The SMILES string of the molecule is NCc1cnn(-c2ccccc2C(=O)N2CCCC(C(N)=O)C2)c1. The van der Waals surface area contributed by atoms with Crippen LogP contribution in [-0.4, -0.2) is 39.6 Å². The Hall–Kier alpha value is -2.67. The Balaban J connectivity index is 1.89. The van der Waals surface area contributed by atoms with Crippen LogP contribution in [0.1, 0.15) is 28.8 Å². The third-order valence-electron chi connectivity index (χ3n) is 4.36. The van der Waals surface area contributed by atoms with E-state index in [0.717, 1.165) is 18.4 Å². The van der Waals surface area contributed by atoms with Gasteiger partial charge >= 0.3 is 0 Å². The molecule has 0 bridgehead atoms. The van der Waals surface area contributed by atoms with Crippen LogP contribution in [0.5, 0.6) is 0 Å². The Morgan fingerprint density at radius 2 is 2.08 bits per heavy atom. The van der Waals surface area contributed by atoms with Crippen LogP contribution in [0.25, 0.3) is 5.69 Å². The summed E-state index contributed by atoms with van der Waals surface area (Å²) < 4.78 is 1.66. The summed E-state index contributed by atoms with van der Waals surface area (Å²) >= 11 is 0. The van der Waals surface area contributed by atoms with Gasteiger partial charge in [0.2, 0.25) is 5.91 Å². The average molecular weight is 327 g/mol. The molecule has 7 heteroatoms. The molecule has 2 amide bonds. The summed E-state index contributed by atoms with van der Waals surface area (Å²) in [4.78, 5) is 26.1. The fourth-order valence-corrected chi connectivity index (χ4v) is 3.02. The Labute approximate surface area is 140 Å². The summed E-state index contributed by atoms with van der Waals surface area (Å²) in [7, 11) is 0. The standard InChI is InChI=1S/C17H21N5O2/c18-8-12-9-20-22(10-12)15-6-2-1-5-14(15)17(24)21-7-3-4-13(11-21)16(19)23/h1-2,5-6,9-10,13H,3-4,7-8,11,18H2,(H2,19,23). The second-order valence-corrected chi connectivity index (χ2v) is 6.01. The summed E-state index contributed by atoms with van der Waals surface area (Å²) in [6.45, 7) is 1.39. The number of carbonyl (C=O) groups excluding carboxylic acids is 2. The van der Waals surface area contributed by atoms with Gasteiger partial charge in [0.05, 0.1) is 23.4 Å². The van der Waals surface area contributed by atoms with E-state index in [1.807, 2.05) is 24.4 Å². The third-order valence-corrected chi connectivity index (χ3v) is 4.36. The number of aromatic nitrogens is 2. The normalized spacial score (nSPS) is 17.7. The molecule has 1 aromatic heterocycles. The van der Waals surface area contributed by atoms with Gasteiger partial charge in [-0.15, -0.1) is 0 Å². The van der Waals surface area contributed by atoms with Gasteiger partial charge in [-0.25, -0.2) is 4.68 Å². The Morgan fingerprint density at radius 1 is 1.29 bits per heavy atom. The number of benzene rings is 1. The van der Waals surface area contributed by atoms with E-state index in [2.05, 4.69) is 5.10 Å². The lowest BCUT2D eigenvalue weighted by Gasteiger charge is -2.31. The van der Waals surface area contributed by atoms with Crippen LogP contribution in [0.4, 0.5) is 0 Å². The van der Waals surface area contributed by atoms with Gasteiger partial charge in [0, 0.05) is 31.4 Å². The molecule has 1 aliphatic rings. The van der Waals surface area contributed by atoms with Gasteiger partial charge in [-0.3, -0.25) is 9.59 Å². The molecule has 0 aliphatic carbocycles. The van der Waals surface area contributed by atoms with Crippen molar-refractivity contribution in [2.24, 2.45) is 17.4 Å². The number of carbonyl (C=O) groups is 2. The van der Waals surface area contributed by atoms with E-state index in [0.29, 0.717) is 30.9 Å². The Kier molecular flexibility index (Phi) is 4.61. The third kappa shape index (κ3) is 3.16. The fraction of sp³-hybridized carbons (Fsp3) is 0.353. The van der Waals surface area contributed by atoms with Gasteiger partial charge in [-0.1, -0.05) is 12.1 Å². The zero-order chi connectivity index (χ0) is 17.1. The van der Waals surface area contributed by atoms with E-state index in [1.54, 1.807) is 21.8 Å². The van der Waals surface area contributed by atoms with E-state index in [-0.39, 0.29) is 17.7 Å². The van der Waals surface area contributed by atoms with Crippen LogP contribution in [-0.2, 0) is 11.3 Å². The molecule has 0 saturated carbocycles. The largest absolute Gasteiger partial charge is 0.369 e. The highest BCUT2D eigenvalue weighted by atomic mass is 16.2. The zero-order valence-electron chi connectivity index (χ0n) is 13.4. The van der Waals surface area contributed by atoms with Crippen LogP contribution in [0.3, 0.4) is 0 Å². The molecular weight excluding hydrogens is 306 g/mol. The minimum Gasteiger partial charge on any atom is -0.369 e. The summed E-state index contributed by atoms with van der Waals surface area (Å²) in [6.07, 6.45) is 5.01. The van der Waals surface area contributed by atoms with E-state index in [9.17, 15) is 9.59 Å². The first-order valence-electron chi connectivity index (χ1n) is 8.01. The minimum absolute atomic E-state index is 0.110. The molecule has 1 fully saturated rings. The molecule has 1 aliphatic heterocycles. The van der Waals surface area contributed by atoms with Crippen LogP contribution < -0.4 is 11.5 Å². The van der Waals surface area contributed by atoms with Crippen molar-refractivity contribution in [3.63, 3.8) is 0 Å². The number of rotatable bonds is 4. The number of likely N-dealkylation sites (tertiary alicyclic amines) is 1. The highest BCUT2D eigenvalue weighted by Crippen LogP contribution is 2.21.